The molecule has 1 rings (SSSR count). The summed E-state index contributed by atoms with van der Waals surface area (Å²) in [5.41, 5.74) is 2.55. The molecule has 1 N–H and O–H groups in total. The molecule has 0 amide bonds. The van der Waals surface area contributed by atoms with Gasteiger partial charge in [-0.2, -0.15) is 0 Å². The molecule has 1 aromatic carbocycles. The highest BCUT2D eigenvalue weighted by molar-refractivity contribution is 5.26. The fraction of sp³-hybridized carbons (Fsp3) is 0.571. The van der Waals surface area contributed by atoms with Crippen LogP contribution in [0.2, 0.25) is 0 Å². The first-order valence-electron chi connectivity index (χ1n) is 6.16. The second-order valence-corrected chi connectivity index (χ2v) is 4.13. The Labute approximate surface area is 104 Å². The molecule has 3 nitrogen and oxygen atoms in total. The van der Waals surface area contributed by atoms with Crippen LogP contribution in [0.15, 0.2) is 24.3 Å². The van der Waals surface area contributed by atoms with Gasteiger partial charge in [-0.25, -0.2) is 0 Å². The van der Waals surface area contributed by atoms with Crippen molar-refractivity contribution in [1.82, 2.24) is 5.32 Å². The SMILES string of the molecule is CCNCc1ccccc1COC(C)COC. The van der Waals surface area contributed by atoms with Crippen LogP contribution in [-0.4, -0.2) is 26.4 Å². The van der Waals surface area contributed by atoms with Crippen LogP contribution >= 0.6 is 0 Å². The van der Waals surface area contributed by atoms with Crippen LogP contribution in [0.3, 0.4) is 0 Å². The van der Waals surface area contributed by atoms with E-state index in [1.807, 2.05) is 6.92 Å². The Morgan fingerprint density at radius 2 is 1.94 bits per heavy atom. The van der Waals surface area contributed by atoms with Gasteiger partial charge in [0, 0.05) is 13.7 Å². The van der Waals surface area contributed by atoms with Gasteiger partial charge >= 0.3 is 0 Å². The van der Waals surface area contributed by atoms with E-state index in [2.05, 4.69) is 36.5 Å². The first-order chi connectivity index (χ1) is 8.27. The summed E-state index contributed by atoms with van der Waals surface area (Å²) in [6.07, 6.45) is 0.132. The lowest BCUT2D eigenvalue weighted by Crippen LogP contribution is -2.17. The summed E-state index contributed by atoms with van der Waals surface area (Å²) < 4.78 is 10.8. The van der Waals surface area contributed by atoms with E-state index in [1.54, 1.807) is 7.11 Å². The Balaban J connectivity index is 2.51. The minimum absolute atomic E-state index is 0.132. The molecule has 0 saturated heterocycles. The molecule has 0 aliphatic rings. The lowest BCUT2D eigenvalue weighted by molar-refractivity contribution is -0.000390. The molecule has 0 aliphatic carbocycles. The monoisotopic (exact) mass is 237 g/mol. The third-order valence-electron chi connectivity index (χ3n) is 2.61. The van der Waals surface area contributed by atoms with Gasteiger partial charge in [-0.1, -0.05) is 31.2 Å². The second kappa shape index (κ2) is 8.23. The summed E-state index contributed by atoms with van der Waals surface area (Å²) >= 11 is 0. The Hall–Kier alpha value is -0.900. The van der Waals surface area contributed by atoms with Crippen molar-refractivity contribution in [3.8, 4) is 0 Å². The van der Waals surface area contributed by atoms with Crippen LogP contribution < -0.4 is 5.32 Å². The third kappa shape index (κ3) is 5.31. The summed E-state index contributed by atoms with van der Waals surface area (Å²) in [4.78, 5) is 0. The van der Waals surface area contributed by atoms with Crippen molar-refractivity contribution in [2.45, 2.75) is 33.1 Å². The lowest BCUT2D eigenvalue weighted by Gasteiger charge is -2.14. The number of hydrogen-bond donors (Lipinski definition) is 1. The molecule has 0 spiro atoms. The summed E-state index contributed by atoms with van der Waals surface area (Å²) in [7, 11) is 1.69. The number of hydrogen-bond acceptors (Lipinski definition) is 3. The summed E-state index contributed by atoms with van der Waals surface area (Å²) in [5, 5.41) is 3.34. The van der Waals surface area contributed by atoms with Crippen molar-refractivity contribution in [3.63, 3.8) is 0 Å². The molecule has 0 radical (unpaired) electrons. The number of ether oxygens (including phenoxy) is 2. The average molecular weight is 237 g/mol. The first kappa shape index (κ1) is 14.2. The quantitative estimate of drug-likeness (QED) is 0.753. The number of rotatable bonds is 8. The first-order valence-corrected chi connectivity index (χ1v) is 6.16. The summed E-state index contributed by atoms with van der Waals surface area (Å²) in [5.74, 6) is 0. The zero-order valence-corrected chi connectivity index (χ0v) is 11.0. The van der Waals surface area contributed by atoms with Crippen LogP contribution in [0.1, 0.15) is 25.0 Å². The van der Waals surface area contributed by atoms with Crippen LogP contribution in [0.25, 0.3) is 0 Å². The maximum Gasteiger partial charge on any atom is 0.0784 e. The highest BCUT2D eigenvalue weighted by Gasteiger charge is 2.05. The van der Waals surface area contributed by atoms with Gasteiger partial charge in [-0.3, -0.25) is 0 Å². The van der Waals surface area contributed by atoms with Crippen molar-refractivity contribution in [1.29, 1.82) is 0 Å². The molecule has 0 saturated carbocycles. The van der Waals surface area contributed by atoms with Gasteiger partial charge in [0.15, 0.2) is 0 Å². The molecule has 1 aromatic rings. The van der Waals surface area contributed by atoms with Crippen molar-refractivity contribution >= 4 is 0 Å². The van der Waals surface area contributed by atoms with Crippen molar-refractivity contribution in [2.75, 3.05) is 20.3 Å². The zero-order valence-electron chi connectivity index (χ0n) is 11.0. The van der Waals surface area contributed by atoms with Gasteiger partial charge < -0.3 is 14.8 Å². The minimum atomic E-state index is 0.132. The van der Waals surface area contributed by atoms with Gasteiger partial charge in [0.2, 0.25) is 0 Å². The molecule has 0 fully saturated rings. The topological polar surface area (TPSA) is 30.5 Å². The van der Waals surface area contributed by atoms with Gasteiger partial charge in [-0.05, 0) is 24.6 Å². The van der Waals surface area contributed by atoms with Gasteiger partial charge in [0.25, 0.3) is 0 Å². The van der Waals surface area contributed by atoms with E-state index in [9.17, 15) is 0 Å². The van der Waals surface area contributed by atoms with Crippen LogP contribution in [0.4, 0.5) is 0 Å². The Morgan fingerprint density at radius 3 is 2.59 bits per heavy atom. The van der Waals surface area contributed by atoms with E-state index >= 15 is 0 Å². The number of methoxy groups -OCH3 is 1. The highest BCUT2D eigenvalue weighted by Crippen LogP contribution is 2.11. The number of benzene rings is 1. The van der Waals surface area contributed by atoms with E-state index in [-0.39, 0.29) is 6.10 Å². The van der Waals surface area contributed by atoms with Crippen LogP contribution in [-0.2, 0) is 22.6 Å². The molecule has 1 unspecified atom stereocenters. The standard InChI is InChI=1S/C14H23NO2/c1-4-15-9-13-7-5-6-8-14(13)11-17-12(2)10-16-3/h5-8,12,15H,4,9-11H2,1-3H3. The Morgan fingerprint density at radius 1 is 1.24 bits per heavy atom. The zero-order chi connectivity index (χ0) is 12.5. The predicted octanol–water partition coefficient (Wildman–Crippen LogP) is 2.35. The van der Waals surface area contributed by atoms with E-state index in [4.69, 9.17) is 9.47 Å². The van der Waals surface area contributed by atoms with Crippen molar-refractivity contribution in [2.24, 2.45) is 0 Å². The molecule has 0 heterocycles. The maximum atomic E-state index is 5.74. The largest absolute Gasteiger partial charge is 0.382 e. The highest BCUT2D eigenvalue weighted by atomic mass is 16.5. The third-order valence-corrected chi connectivity index (χ3v) is 2.61. The molecule has 0 aromatic heterocycles. The molecule has 96 valence electrons. The lowest BCUT2D eigenvalue weighted by atomic mass is 10.1. The Bertz CT molecular complexity index is 315. The van der Waals surface area contributed by atoms with Gasteiger partial charge in [0.05, 0.1) is 19.3 Å². The minimum Gasteiger partial charge on any atom is -0.382 e. The summed E-state index contributed by atoms with van der Waals surface area (Å²) in [6, 6.07) is 8.37. The number of nitrogens with one attached hydrogen (secondary N) is 1. The second-order valence-electron chi connectivity index (χ2n) is 4.13. The average Bonchev–Trinajstić information content (AvgIpc) is 2.35. The molecular weight excluding hydrogens is 214 g/mol. The van der Waals surface area contributed by atoms with E-state index in [0.717, 1.165) is 13.1 Å². The maximum absolute atomic E-state index is 5.74. The fourth-order valence-electron chi connectivity index (χ4n) is 1.65. The fourth-order valence-corrected chi connectivity index (χ4v) is 1.65. The molecule has 1 atom stereocenters. The molecule has 0 bridgehead atoms. The molecule has 3 heteroatoms. The normalized spacial score (nSPS) is 12.6. The molecular formula is C14H23NO2. The molecule has 0 aliphatic heterocycles. The van der Waals surface area contributed by atoms with Crippen LogP contribution in [0.5, 0.6) is 0 Å². The van der Waals surface area contributed by atoms with Gasteiger partial charge in [-0.15, -0.1) is 0 Å². The summed E-state index contributed by atoms with van der Waals surface area (Å²) in [6.45, 7) is 7.29. The Kier molecular flexibility index (Phi) is 6.86. The van der Waals surface area contributed by atoms with E-state index in [1.165, 1.54) is 11.1 Å². The van der Waals surface area contributed by atoms with Crippen molar-refractivity contribution in [3.05, 3.63) is 35.4 Å². The van der Waals surface area contributed by atoms with E-state index < -0.39 is 0 Å². The smallest absolute Gasteiger partial charge is 0.0784 e. The predicted molar refractivity (Wildman–Crippen MR) is 69.9 cm³/mol. The van der Waals surface area contributed by atoms with Crippen LogP contribution in [0, 0.1) is 0 Å². The molecule has 17 heavy (non-hydrogen) atoms. The van der Waals surface area contributed by atoms with E-state index in [0.29, 0.717) is 13.2 Å². The van der Waals surface area contributed by atoms with Gasteiger partial charge in [0.1, 0.15) is 0 Å². The van der Waals surface area contributed by atoms with Crippen molar-refractivity contribution < 1.29 is 9.47 Å².